The normalized spacial score (nSPS) is 20.5. The van der Waals surface area contributed by atoms with Gasteiger partial charge in [-0.25, -0.2) is 0 Å². The molecular weight excluding hydrogens is 308 g/mol. The van der Waals surface area contributed by atoms with Crippen LogP contribution in [-0.2, 0) is 11.3 Å². The SMILES string of the molecule is COc1ccc(OC)c2c1CN(C(=O)C1CNC1)CC2O.Cl. The van der Waals surface area contributed by atoms with Gasteiger partial charge in [0.2, 0.25) is 5.91 Å². The Morgan fingerprint density at radius 2 is 1.91 bits per heavy atom. The number of methoxy groups -OCH3 is 2. The molecule has 2 aliphatic heterocycles. The zero-order chi connectivity index (χ0) is 15.0. The van der Waals surface area contributed by atoms with E-state index in [0.29, 0.717) is 37.7 Å². The van der Waals surface area contributed by atoms with Gasteiger partial charge in [0.05, 0.1) is 26.7 Å². The second-order valence-electron chi connectivity index (χ2n) is 5.45. The highest BCUT2D eigenvalue weighted by Gasteiger charge is 2.36. The van der Waals surface area contributed by atoms with Crippen LogP contribution in [0.2, 0.25) is 0 Å². The molecule has 1 aromatic carbocycles. The standard InChI is InChI=1S/C15H20N2O4.ClH/c1-20-12-3-4-13(21-2)14-10(12)7-17(8-11(14)18)15(19)9-5-16-6-9;/h3-4,9,11,16,18H,5-8H2,1-2H3;1H. The predicted octanol–water partition coefficient (Wildman–Crippen LogP) is 0.721. The fourth-order valence-corrected chi connectivity index (χ4v) is 2.97. The van der Waals surface area contributed by atoms with Crippen LogP contribution in [0.5, 0.6) is 11.5 Å². The molecule has 1 unspecified atom stereocenters. The molecule has 1 saturated heterocycles. The van der Waals surface area contributed by atoms with E-state index in [0.717, 1.165) is 11.1 Å². The molecule has 0 aliphatic carbocycles. The Bertz CT molecular complexity index is 563. The van der Waals surface area contributed by atoms with Gasteiger partial charge in [-0.1, -0.05) is 0 Å². The Morgan fingerprint density at radius 3 is 2.45 bits per heavy atom. The van der Waals surface area contributed by atoms with Crippen LogP contribution in [0, 0.1) is 5.92 Å². The molecule has 122 valence electrons. The van der Waals surface area contributed by atoms with Crippen molar-refractivity contribution < 1.29 is 19.4 Å². The predicted molar refractivity (Wildman–Crippen MR) is 83.5 cm³/mol. The van der Waals surface area contributed by atoms with Crippen LogP contribution in [0.15, 0.2) is 12.1 Å². The molecule has 0 aromatic heterocycles. The van der Waals surface area contributed by atoms with E-state index < -0.39 is 6.10 Å². The minimum Gasteiger partial charge on any atom is -0.496 e. The van der Waals surface area contributed by atoms with Gasteiger partial charge in [-0.15, -0.1) is 12.4 Å². The zero-order valence-corrected chi connectivity index (χ0v) is 13.5. The summed E-state index contributed by atoms with van der Waals surface area (Å²) in [6.07, 6.45) is -0.754. The third kappa shape index (κ3) is 2.74. The molecule has 2 N–H and O–H groups in total. The van der Waals surface area contributed by atoms with Crippen LogP contribution in [-0.4, -0.2) is 49.8 Å². The van der Waals surface area contributed by atoms with Crippen molar-refractivity contribution in [3.63, 3.8) is 0 Å². The molecule has 1 amide bonds. The van der Waals surface area contributed by atoms with Crippen LogP contribution in [0.1, 0.15) is 17.2 Å². The first-order valence-electron chi connectivity index (χ1n) is 7.07. The van der Waals surface area contributed by atoms with Gasteiger partial charge in [-0.05, 0) is 12.1 Å². The number of nitrogens with zero attached hydrogens (tertiary/aromatic N) is 1. The van der Waals surface area contributed by atoms with Crippen LogP contribution >= 0.6 is 12.4 Å². The summed E-state index contributed by atoms with van der Waals surface area (Å²) in [5, 5.41) is 13.5. The van der Waals surface area contributed by atoms with Crippen molar-refractivity contribution in [2.45, 2.75) is 12.6 Å². The second-order valence-corrected chi connectivity index (χ2v) is 5.45. The maximum Gasteiger partial charge on any atom is 0.228 e. The number of carbonyl (C=O) groups is 1. The monoisotopic (exact) mass is 328 g/mol. The first-order chi connectivity index (χ1) is 10.2. The van der Waals surface area contributed by atoms with Gasteiger partial charge >= 0.3 is 0 Å². The van der Waals surface area contributed by atoms with Crippen LogP contribution in [0.3, 0.4) is 0 Å². The van der Waals surface area contributed by atoms with Gasteiger partial charge in [0.25, 0.3) is 0 Å². The van der Waals surface area contributed by atoms with Gasteiger partial charge in [0, 0.05) is 30.8 Å². The summed E-state index contributed by atoms with van der Waals surface area (Å²) >= 11 is 0. The van der Waals surface area contributed by atoms with Crippen molar-refractivity contribution in [3.05, 3.63) is 23.3 Å². The molecule has 0 spiro atoms. The Morgan fingerprint density at radius 1 is 1.27 bits per heavy atom. The summed E-state index contributed by atoms with van der Waals surface area (Å²) < 4.78 is 10.7. The number of rotatable bonds is 3. The topological polar surface area (TPSA) is 71.0 Å². The molecule has 2 aliphatic rings. The van der Waals surface area contributed by atoms with E-state index >= 15 is 0 Å². The number of amides is 1. The Balaban J connectivity index is 0.00000176. The molecule has 1 fully saturated rings. The van der Waals surface area contributed by atoms with E-state index in [1.165, 1.54) is 0 Å². The number of benzene rings is 1. The quantitative estimate of drug-likeness (QED) is 0.855. The first-order valence-corrected chi connectivity index (χ1v) is 7.07. The third-order valence-electron chi connectivity index (χ3n) is 4.23. The van der Waals surface area contributed by atoms with Gasteiger partial charge in [-0.2, -0.15) is 0 Å². The molecule has 0 radical (unpaired) electrons. The van der Waals surface area contributed by atoms with E-state index in [4.69, 9.17) is 9.47 Å². The number of hydrogen-bond acceptors (Lipinski definition) is 5. The Hall–Kier alpha value is -1.50. The number of carbonyl (C=O) groups excluding carboxylic acids is 1. The van der Waals surface area contributed by atoms with Gasteiger partial charge < -0.3 is 24.8 Å². The number of hydrogen-bond donors (Lipinski definition) is 2. The van der Waals surface area contributed by atoms with Crippen molar-refractivity contribution in [1.29, 1.82) is 0 Å². The largest absolute Gasteiger partial charge is 0.496 e. The van der Waals surface area contributed by atoms with E-state index in [9.17, 15) is 9.90 Å². The third-order valence-corrected chi connectivity index (χ3v) is 4.23. The van der Waals surface area contributed by atoms with Crippen LogP contribution < -0.4 is 14.8 Å². The lowest BCUT2D eigenvalue weighted by Crippen LogP contribution is -2.53. The van der Waals surface area contributed by atoms with Gasteiger partial charge in [0.15, 0.2) is 0 Å². The Labute approximate surface area is 135 Å². The Kier molecular flexibility index (Phi) is 5.16. The lowest BCUT2D eigenvalue weighted by atomic mass is 9.93. The molecule has 7 heteroatoms. The van der Waals surface area contributed by atoms with Gasteiger partial charge in [-0.3, -0.25) is 4.79 Å². The average molecular weight is 329 g/mol. The molecule has 0 bridgehead atoms. The summed E-state index contributed by atoms with van der Waals surface area (Å²) in [6, 6.07) is 3.59. The lowest BCUT2D eigenvalue weighted by Gasteiger charge is -2.38. The number of halogens is 1. The average Bonchev–Trinajstić information content (AvgIpc) is 2.44. The zero-order valence-electron chi connectivity index (χ0n) is 12.7. The number of fused-ring (bicyclic) bond motifs is 1. The fraction of sp³-hybridized carbons (Fsp3) is 0.533. The summed E-state index contributed by atoms with van der Waals surface area (Å²) in [4.78, 5) is 14.1. The number of ether oxygens (including phenoxy) is 2. The minimum absolute atomic E-state index is 0. The van der Waals surface area contributed by atoms with Gasteiger partial charge in [0.1, 0.15) is 17.6 Å². The fourth-order valence-electron chi connectivity index (χ4n) is 2.97. The molecule has 1 atom stereocenters. The van der Waals surface area contributed by atoms with Crippen molar-refractivity contribution in [3.8, 4) is 11.5 Å². The van der Waals surface area contributed by atoms with E-state index in [2.05, 4.69) is 5.32 Å². The van der Waals surface area contributed by atoms with Crippen LogP contribution in [0.4, 0.5) is 0 Å². The van der Waals surface area contributed by atoms with Crippen molar-refractivity contribution in [2.75, 3.05) is 33.9 Å². The summed E-state index contributed by atoms with van der Waals surface area (Å²) in [5.41, 5.74) is 1.56. The molecule has 3 rings (SSSR count). The van der Waals surface area contributed by atoms with Crippen molar-refractivity contribution >= 4 is 18.3 Å². The maximum absolute atomic E-state index is 12.4. The number of β-amino-alcohol motifs (C(OH)–C–C–N with tert-alkyl or cyclic N) is 1. The molecule has 6 nitrogen and oxygen atoms in total. The molecule has 2 heterocycles. The van der Waals surface area contributed by atoms with Crippen molar-refractivity contribution in [2.24, 2.45) is 5.92 Å². The highest BCUT2D eigenvalue weighted by molar-refractivity contribution is 5.85. The summed E-state index contributed by atoms with van der Waals surface area (Å²) in [7, 11) is 3.16. The number of nitrogens with one attached hydrogen (secondary N) is 1. The number of aliphatic hydroxyl groups is 1. The minimum atomic E-state index is -0.754. The van der Waals surface area contributed by atoms with Crippen LogP contribution in [0.25, 0.3) is 0 Å². The van der Waals surface area contributed by atoms with E-state index in [-0.39, 0.29) is 24.2 Å². The second kappa shape index (κ2) is 6.73. The smallest absolute Gasteiger partial charge is 0.228 e. The summed E-state index contributed by atoms with van der Waals surface area (Å²) in [6.45, 7) is 2.18. The lowest BCUT2D eigenvalue weighted by molar-refractivity contribution is -0.140. The molecule has 1 aromatic rings. The first kappa shape index (κ1) is 16.9. The highest BCUT2D eigenvalue weighted by atomic mass is 35.5. The van der Waals surface area contributed by atoms with E-state index in [1.807, 2.05) is 6.07 Å². The molecule has 22 heavy (non-hydrogen) atoms. The van der Waals surface area contributed by atoms with Crippen molar-refractivity contribution in [1.82, 2.24) is 10.2 Å². The maximum atomic E-state index is 12.4. The molecule has 0 saturated carbocycles. The van der Waals surface area contributed by atoms with E-state index in [1.54, 1.807) is 25.2 Å². The highest BCUT2D eigenvalue weighted by Crippen LogP contribution is 2.39. The summed E-state index contributed by atoms with van der Waals surface area (Å²) in [5.74, 6) is 1.42. The molecular formula is C15H21ClN2O4. The number of aliphatic hydroxyl groups excluding tert-OH is 1.